The molecule has 1 aliphatic rings. The van der Waals surface area contributed by atoms with E-state index in [1.807, 2.05) is 0 Å². The van der Waals surface area contributed by atoms with Crippen LogP contribution in [0.25, 0.3) is 0 Å². The minimum atomic E-state index is -4.68. The van der Waals surface area contributed by atoms with Crippen LogP contribution >= 0.6 is 0 Å². The monoisotopic (exact) mass is 200 g/mol. The molecule has 13 heavy (non-hydrogen) atoms. The van der Waals surface area contributed by atoms with Gasteiger partial charge in [0.05, 0.1) is 13.2 Å². The molecule has 0 aromatic rings. The first-order valence-electron chi connectivity index (χ1n) is 3.79. The third kappa shape index (κ3) is 1.53. The Balaban J connectivity index is 2.65. The number of rotatable bonds is 2. The van der Waals surface area contributed by atoms with E-state index in [0.717, 1.165) is 0 Å². The molecule has 0 saturated heterocycles. The topological polar surface area (TPSA) is 60.7 Å². The van der Waals surface area contributed by atoms with Crippen LogP contribution in [0.3, 0.4) is 0 Å². The Bertz CT molecular complexity index is 190. The first-order valence-corrected chi connectivity index (χ1v) is 3.79. The first kappa shape index (κ1) is 10.7. The van der Waals surface area contributed by atoms with E-state index in [4.69, 9.17) is 15.3 Å². The van der Waals surface area contributed by atoms with Gasteiger partial charge in [0.25, 0.3) is 0 Å². The van der Waals surface area contributed by atoms with Crippen molar-refractivity contribution in [2.45, 2.75) is 24.6 Å². The maximum Gasteiger partial charge on any atom is 0.417 e. The minimum absolute atomic E-state index is 0.540. The zero-order valence-electron chi connectivity index (χ0n) is 6.80. The van der Waals surface area contributed by atoms with Crippen molar-refractivity contribution in [3.05, 3.63) is 0 Å². The summed E-state index contributed by atoms with van der Waals surface area (Å²) in [6.07, 6.45) is -5.94. The van der Waals surface area contributed by atoms with Crippen molar-refractivity contribution in [2.24, 2.45) is 5.41 Å². The summed E-state index contributed by atoms with van der Waals surface area (Å²) in [6.45, 7) is -1.08. The van der Waals surface area contributed by atoms with Gasteiger partial charge in [-0.25, -0.2) is 0 Å². The number of hydrogen-bond acceptors (Lipinski definition) is 3. The zero-order chi connectivity index (χ0) is 10.3. The average molecular weight is 200 g/mol. The molecule has 0 heterocycles. The van der Waals surface area contributed by atoms with Crippen LogP contribution in [-0.4, -0.2) is 40.3 Å². The van der Waals surface area contributed by atoms with Gasteiger partial charge >= 0.3 is 6.18 Å². The minimum Gasteiger partial charge on any atom is -0.396 e. The van der Waals surface area contributed by atoms with Crippen LogP contribution in [0.2, 0.25) is 0 Å². The van der Waals surface area contributed by atoms with Gasteiger partial charge in [0.2, 0.25) is 0 Å². The summed E-state index contributed by atoms with van der Waals surface area (Å²) < 4.78 is 36.3. The predicted octanol–water partition coefficient (Wildman–Crippen LogP) is 0.0446. The Labute approximate surface area is 72.8 Å². The SMILES string of the molecule is OCC1(CO)CC(O)(C(F)(F)F)C1. The Hall–Kier alpha value is -0.330. The molecule has 0 radical (unpaired) electrons. The van der Waals surface area contributed by atoms with Crippen molar-refractivity contribution in [3.8, 4) is 0 Å². The summed E-state index contributed by atoms with van der Waals surface area (Å²) in [5.41, 5.74) is -3.89. The van der Waals surface area contributed by atoms with E-state index in [1.165, 1.54) is 0 Å². The lowest BCUT2D eigenvalue weighted by Gasteiger charge is -2.51. The van der Waals surface area contributed by atoms with Crippen molar-refractivity contribution in [1.82, 2.24) is 0 Å². The van der Waals surface area contributed by atoms with Gasteiger partial charge < -0.3 is 15.3 Å². The molecule has 1 aliphatic carbocycles. The molecule has 3 nitrogen and oxygen atoms in total. The van der Waals surface area contributed by atoms with E-state index in [1.54, 1.807) is 0 Å². The highest BCUT2D eigenvalue weighted by Gasteiger charge is 2.66. The first-order chi connectivity index (χ1) is 5.79. The lowest BCUT2D eigenvalue weighted by molar-refractivity contribution is -0.323. The van der Waals surface area contributed by atoms with Crippen LogP contribution in [0.4, 0.5) is 13.2 Å². The van der Waals surface area contributed by atoms with E-state index in [0.29, 0.717) is 0 Å². The van der Waals surface area contributed by atoms with Gasteiger partial charge in [-0.15, -0.1) is 0 Å². The van der Waals surface area contributed by atoms with Crippen molar-refractivity contribution in [1.29, 1.82) is 0 Å². The summed E-state index contributed by atoms with van der Waals surface area (Å²) in [6, 6.07) is 0. The number of halogens is 3. The van der Waals surface area contributed by atoms with Crippen LogP contribution in [0, 0.1) is 5.41 Å². The summed E-state index contributed by atoms with van der Waals surface area (Å²) in [7, 11) is 0. The second-order valence-corrected chi connectivity index (χ2v) is 3.70. The van der Waals surface area contributed by atoms with Crippen LogP contribution in [-0.2, 0) is 0 Å². The Morgan fingerprint density at radius 1 is 1.08 bits per heavy atom. The summed E-state index contributed by atoms with van der Waals surface area (Å²) in [5, 5.41) is 26.4. The molecular weight excluding hydrogens is 189 g/mol. The van der Waals surface area contributed by atoms with Crippen LogP contribution in [0.5, 0.6) is 0 Å². The van der Waals surface area contributed by atoms with Crippen molar-refractivity contribution in [2.75, 3.05) is 13.2 Å². The van der Waals surface area contributed by atoms with Gasteiger partial charge in [-0.05, 0) is 12.8 Å². The van der Waals surface area contributed by atoms with Crippen LogP contribution < -0.4 is 0 Å². The normalized spacial score (nSPS) is 25.4. The van der Waals surface area contributed by atoms with Gasteiger partial charge in [-0.2, -0.15) is 13.2 Å². The molecule has 6 heteroatoms. The fourth-order valence-electron chi connectivity index (χ4n) is 1.66. The number of aliphatic hydroxyl groups excluding tert-OH is 2. The van der Waals surface area contributed by atoms with E-state index in [-0.39, 0.29) is 0 Å². The molecular formula is C7H11F3O3. The highest BCUT2D eigenvalue weighted by molar-refractivity contribution is 5.07. The standard InChI is InChI=1S/C7H11F3O3/c8-7(9,10)6(13)1-5(2-6,3-11)4-12/h11-13H,1-4H2. The van der Waals surface area contributed by atoms with Gasteiger partial charge in [0.1, 0.15) is 0 Å². The molecule has 0 bridgehead atoms. The van der Waals surface area contributed by atoms with Crippen LogP contribution in [0.15, 0.2) is 0 Å². The van der Waals surface area contributed by atoms with E-state index < -0.39 is 43.2 Å². The maximum atomic E-state index is 12.1. The second-order valence-electron chi connectivity index (χ2n) is 3.70. The maximum absolute atomic E-state index is 12.1. The van der Waals surface area contributed by atoms with Gasteiger partial charge in [0.15, 0.2) is 5.60 Å². The molecule has 0 amide bonds. The van der Waals surface area contributed by atoms with E-state index in [2.05, 4.69) is 0 Å². The molecule has 0 aromatic heterocycles. The molecule has 3 N–H and O–H groups in total. The predicted molar refractivity (Wildman–Crippen MR) is 36.8 cm³/mol. The third-order valence-electron chi connectivity index (χ3n) is 2.53. The van der Waals surface area contributed by atoms with E-state index in [9.17, 15) is 13.2 Å². The number of aliphatic hydroxyl groups is 3. The molecule has 0 atom stereocenters. The number of alkyl halides is 3. The largest absolute Gasteiger partial charge is 0.417 e. The molecule has 0 unspecified atom stereocenters. The molecule has 0 aliphatic heterocycles. The molecule has 0 aromatic carbocycles. The van der Waals surface area contributed by atoms with Gasteiger partial charge in [-0.1, -0.05) is 0 Å². The smallest absolute Gasteiger partial charge is 0.396 e. The Morgan fingerprint density at radius 3 is 1.69 bits per heavy atom. The molecule has 1 saturated carbocycles. The van der Waals surface area contributed by atoms with Crippen molar-refractivity contribution in [3.63, 3.8) is 0 Å². The third-order valence-corrected chi connectivity index (χ3v) is 2.53. The fraction of sp³-hybridized carbons (Fsp3) is 1.00. The molecule has 78 valence electrons. The molecule has 1 fully saturated rings. The lowest BCUT2D eigenvalue weighted by atomic mass is 9.59. The average Bonchev–Trinajstić information content (AvgIpc) is 1.96. The Morgan fingerprint density at radius 2 is 1.46 bits per heavy atom. The summed E-state index contributed by atoms with van der Waals surface area (Å²) >= 11 is 0. The van der Waals surface area contributed by atoms with Crippen LogP contribution in [0.1, 0.15) is 12.8 Å². The zero-order valence-corrected chi connectivity index (χ0v) is 6.80. The fourth-order valence-corrected chi connectivity index (χ4v) is 1.66. The van der Waals surface area contributed by atoms with Gasteiger partial charge in [-0.3, -0.25) is 0 Å². The molecule has 0 spiro atoms. The highest BCUT2D eigenvalue weighted by atomic mass is 19.4. The van der Waals surface area contributed by atoms with E-state index >= 15 is 0 Å². The molecule has 1 rings (SSSR count). The second kappa shape index (κ2) is 2.83. The lowest BCUT2D eigenvalue weighted by Crippen LogP contribution is -2.63. The highest BCUT2D eigenvalue weighted by Crippen LogP contribution is 2.55. The van der Waals surface area contributed by atoms with Crippen molar-refractivity contribution < 1.29 is 28.5 Å². The van der Waals surface area contributed by atoms with Crippen molar-refractivity contribution >= 4 is 0 Å². The summed E-state index contributed by atoms with van der Waals surface area (Å²) in [5.74, 6) is 0. The van der Waals surface area contributed by atoms with Gasteiger partial charge in [0, 0.05) is 5.41 Å². The number of hydrogen-bond donors (Lipinski definition) is 3. The summed E-state index contributed by atoms with van der Waals surface area (Å²) in [4.78, 5) is 0. The quantitative estimate of drug-likeness (QED) is 0.590. The Kier molecular flexibility index (Phi) is 2.34.